The maximum Gasteiger partial charge on any atom is 0.253 e. The van der Waals surface area contributed by atoms with E-state index in [4.69, 9.17) is 11.6 Å². The third kappa shape index (κ3) is 5.79. The number of hydrogen-bond acceptors (Lipinski definition) is 4. The molecule has 6 nitrogen and oxygen atoms in total. The van der Waals surface area contributed by atoms with E-state index < -0.39 is 0 Å². The molecule has 2 N–H and O–H groups in total. The first-order valence-corrected chi connectivity index (χ1v) is 12.3. The number of aromatic nitrogens is 1. The molecule has 7 heteroatoms. The van der Waals surface area contributed by atoms with E-state index in [2.05, 4.69) is 47.9 Å². The molecule has 1 aromatic heterocycles. The summed E-state index contributed by atoms with van der Waals surface area (Å²) in [6.07, 6.45) is 2.18. The molecule has 0 spiro atoms. The Morgan fingerprint density at radius 1 is 1.24 bits per heavy atom. The maximum atomic E-state index is 13.2. The minimum absolute atomic E-state index is 0.151. The number of carbonyl (C=O) groups excluding carboxylic acids is 1. The van der Waals surface area contributed by atoms with E-state index in [9.17, 15) is 9.59 Å². The molecular weight excluding hydrogens is 436 g/mol. The second kappa shape index (κ2) is 10.7. The van der Waals surface area contributed by atoms with Crippen molar-refractivity contribution in [1.82, 2.24) is 15.2 Å². The molecule has 2 heterocycles. The first-order chi connectivity index (χ1) is 15.6. The van der Waals surface area contributed by atoms with Crippen LogP contribution in [-0.2, 0) is 6.54 Å². The van der Waals surface area contributed by atoms with Gasteiger partial charge in [0.1, 0.15) is 0 Å². The summed E-state index contributed by atoms with van der Waals surface area (Å²) in [7, 11) is 2.16. The van der Waals surface area contributed by atoms with Gasteiger partial charge in [-0.1, -0.05) is 25.4 Å². The third-order valence-corrected chi connectivity index (χ3v) is 6.94. The molecule has 0 atom stereocenters. The number of amides is 1. The number of hydrogen-bond donors (Lipinski definition) is 2. The molecule has 0 bridgehead atoms. The monoisotopic (exact) mass is 472 g/mol. The molecule has 2 aromatic rings. The van der Waals surface area contributed by atoms with Crippen molar-refractivity contribution in [3.8, 4) is 0 Å². The van der Waals surface area contributed by atoms with Gasteiger partial charge in [-0.25, -0.2) is 0 Å². The Morgan fingerprint density at radius 2 is 1.91 bits per heavy atom. The normalized spacial score (nSPS) is 15.2. The first kappa shape index (κ1) is 25.3. The standard InChI is InChI=1S/C26H37ClN4O2/c1-7-31(20-8-10-30(6)11-9-20)24-14-19(27)13-22(18(24)5)25(32)28-15-23-21(16(2)3)12-17(4)29-26(23)33/h12-14,16,20H,7-11,15H2,1-6H3,(H,28,32)(H,29,33). The average molecular weight is 473 g/mol. The Bertz CT molecular complexity index is 1050. The van der Waals surface area contributed by atoms with Crippen molar-refractivity contribution >= 4 is 23.2 Å². The van der Waals surface area contributed by atoms with Gasteiger partial charge < -0.3 is 20.1 Å². The Balaban J connectivity index is 1.86. The Hall–Kier alpha value is -2.31. The van der Waals surface area contributed by atoms with Crippen molar-refractivity contribution in [2.45, 2.75) is 66.0 Å². The van der Waals surface area contributed by atoms with Gasteiger partial charge in [-0.3, -0.25) is 9.59 Å². The number of benzene rings is 1. The lowest BCUT2D eigenvalue weighted by Gasteiger charge is -2.39. The van der Waals surface area contributed by atoms with Crippen LogP contribution in [0.1, 0.15) is 72.3 Å². The molecule has 180 valence electrons. The minimum Gasteiger partial charge on any atom is -0.368 e. The Labute approximate surface area is 202 Å². The predicted molar refractivity (Wildman–Crippen MR) is 137 cm³/mol. The summed E-state index contributed by atoms with van der Waals surface area (Å²) in [5.74, 6) is -0.0320. The zero-order valence-corrected chi connectivity index (χ0v) is 21.5. The third-order valence-electron chi connectivity index (χ3n) is 6.72. The summed E-state index contributed by atoms with van der Waals surface area (Å²) < 4.78 is 0. The number of rotatable bonds is 7. The molecule has 1 amide bonds. The van der Waals surface area contributed by atoms with Crippen LogP contribution in [0, 0.1) is 13.8 Å². The van der Waals surface area contributed by atoms with E-state index in [1.54, 1.807) is 6.07 Å². The molecule has 1 fully saturated rings. The number of piperidine rings is 1. The second-order valence-electron chi connectivity index (χ2n) is 9.47. The molecule has 0 unspecified atom stereocenters. The van der Waals surface area contributed by atoms with E-state index in [1.165, 1.54) is 0 Å². The van der Waals surface area contributed by atoms with Gasteiger partial charge in [-0.05, 0) is 89.0 Å². The highest BCUT2D eigenvalue weighted by molar-refractivity contribution is 6.31. The van der Waals surface area contributed by atoms with Crippen molar-refractivity contribution in [2.75, 3.05) is 31.6 Å². The van der Waals surface area contributed by atoms with Crippen LogP contribution < -0.4 is 15.8 Å². The lowest BCUT2D eigenvalue weighted by Crippen LogP contribution is -2.44. The first-order valence-electron chi connectivity index (χ1n) is 11.9. The maximum absolute atomic E-state index is 13.2. The van der Waals surface area contributed by atoms with Gasteiger partial charge in [0, 0.05) is 46.7 Å². The summed E-state index contributed by atoms with van der Waals surface area (Å²) in [5, 5.41) is 3.51. The number of nitrogens with one attached hydrogen (secondary N) is 2. The van der Waals surface area contributed by atoms with Gasteiger partial charge in [-0.15, -0.1) is 0 Å². The second-order valence-corrected chi connectivity index (χ2v) is 9.91. The van der Waals surface area contributed by atoms with Crippen LogP contribution in [0.2, 0.25) is 5.02 Å². The molecule has 3 rings (SSSR count). The van der Waals surface area contributed by atoms with Crippen LogP contribution >= 0.6 is 11.6 Å². The van der Waals surface area contributed by atoms with Gasteiger partial charge in [0.25, 0.3) is 11.5 Å². The van der Waals surface area contributed by atoms with Crippen LogP contribution in [0.3, 0.4) is 0 Å². The Morgan fingerprint density at radius 3 is 2.52 bits per heavy atom. The molecule has 1 aromatic carbocycles. The quantitative estimate of drug-likeness (QED) is 0.617. The van der Waals surface area contributed by atoms with Gasteiger partial charge in [0.05, 0.1) is 0 Å². The Kier molecular flexibility index (Phi) is 8.24. The number of pyridine rings is 1. The fourth-order valence-electron chi connectivity index (χ4n) is 4.83. The van der Waals surface area contributed by atoms with Gasteiger partial charge in [0.15, 0.2) is 0 Å². The summed E-state index contributed by atoms with van der Waals surface area (Å²) in [5.41, 5.74) is 4.72. The van der Waals surface area contributed by atoms with Gasteiger partial charge in [-0.2, -0.15) is 0 Å². The fourth-order valence-corrected chi connectivity index (χ4v) is 5.05. The van der Waals surface area contributed by atoms with Crippen LogP contribution in [0.15, 0.2) is 23.0 Å². The summed E-state index contributed by atoms with van der Waals surface area (Å²) in [6.45, 7) is 13.3. The van der Waals surface area contributed by atoms with E-state index in [-0.39, 0.29) is 23.9 Å². The van der Waals surface area contributed by atoms with E-state index in [0.717, 1.165) is 55.0 Å². The molecule has 0 radical (unpaired) electrons. The number of H-pyrrole nitrogens is 1. The zero-order chi connectivity index (χ0) is 24.3. The fraction of sp³-hybridized carbons (Fsp3) is 0.538. The molecule has 1 aliphatic heterocycles. The molecule has 0 saturated carbocycles. The van der Waals surface area contributed by atoms with Crippen molar-refractivity contribution in [3.63, 3.8) is 0 Å². The van der Waals surface area contributed by atoms with E-state index in [0.29, 0.717) is 22.2 Å². The van der Waals surface area contributed by atoms with Crippen LogP contribution in [0.25, 0.3) is 0 Å². The number of halogens is 1. The highest BCUT2D eigenvalue weighted by atomic mass is 35.5. The molecule has 0 aliphatic carbocycles. The van der Waals surface area contributed by atoms with Crippen LogP contribution in [0.5, 0.6) is 0 Å². The topological polar surface area (TPSA) is 68.4 Å². The zero-order valence-electron chi connectivity index (χ0n) is 20.7. The van der Waals surface area contributed by atoms with Crippen LogP contribution in [0.4, 0.5) is 5.69 Å². The van der Waals surface area contributed by atoms with Gasteiger partial charge >= 0.3 is 0 Å². The predicted octanol–water partition coefficient (Wildman–Crippen LogP) is 4.62. The number of aromatic amines is 1. The largest absolute Gasteiger partial charge is 0.368 e. The molecule has 33 heavy (non-hydrogen) atoms. The summed E-state index contributed by atoms with van der Waals surface area (Å²) in [6, 6.07) is 6.11. The number of nitrogens with zero attached hydrogens (tertiary/aromatic N) is 2. The van der Waals surface area contributed by atoms with E-state index >= 15 is 0 Å². The average Bonchev–Trinajstić information content (AvgIpc) is 2.76. The van der Waals surface area contributed by atoms with Crippen molar-refractivity contribution < 1.29 is 4.79 Å². The number of carbonyl (C=O) groups is 1. The van der Waals surface area contributed by atoms with Crippen molar-refractivity contribution in [2.24, 2.45) is 0 Å². The lowest BCUT2D eigenvalue weighted by molar-refractivity contribution is 0.0950. The number of anilines is 1. The lowest BCUT2D eigenvalue weighted by atomic mass is 9.97. The molecule has 1 aliphatic rings. The number of aryl methyl sites for hydroxylation is 1. The van der Waals surface area contributed by atoms with E-state index in [1.807, 2.05) is 26.0 Å². The summed E-state index contributed by atoms with van der Waals surface area (Å²) >= 11 is 6.49. The molecule has 1 saturated heterocycles. The highest BCUT2D eigenvalue weighted by Crippen LogP contribution is 2.31. The minimum atomic E-state index is -0.217. The highest BCUT2D eigenvalue weighted by Gasteiger charge is 2.25. The number of likely N-dealkylation sites (tertiary alicyclic amines) is 1. The molecular formula is C26H37ClN4O2. The van der Waals surface area contributed by atoms with Crippen molar-refractivity contribution in [3.05, 3.63) is 61.5 Å². The van der Waals surface area contributed by atoms with Crippen molar-refractivity contribution in [1.29, 1.82) is 0 Å². The van der Waals surface area contributed by atoms with Gasteiger partial charge in [0.2, 0.25) is 0 Å². The SMILES string of the molecule is CCN(c1cc(Cl)cc(C(=O)NCc2c(C(C)C)cc(C)[nH]c2=O)c1C)C1CCN(C)CC1. The smallest absolute Gasteiger partial charge is 0.253 e. The van der Waals surface area contributed by atoms with Crippen LogP contribution in [-0.4, -0.2) is 48.5 Å². The summed E-state index contributed by atoms with van der Waals surface area (Å²) in [4.78, 5) is 33.4.